The van der Waals surface area contributed by atoms with Crippen molar-refractivity contribution in [2.75, 3.05) is 32.1 Å². The maximum absolute atomic E-state index is 13.6. The standard InChI is InChI=1S/C35H50N6O2/c1-11-41(30-18-16-29(17-19-30)40(10)35(5,6)7)32-21-28(27-14-12-26(13-15-27)25(4)39-37-9)20-31(24(32)3)34(43)38-22-23(2)33(42)36-8/h12-15,20-21,29-30H,2,9,11,16-19,22H2,1,3-8,10H3,(H,36,42)(H,38,43)/b39-25-. The molecule has 0 bridgehead atoms. The maximum Gasteiger partial charge on any atom is 0.251 e. The van der Waals surface area contributed by atoms with Crippen LogP contribution in [0.2, 0.25) is 0 Å². The van der Waals surface area contributed by atoms with Crippen molar-refractivity contribution in [3.63, 3.8) is 0 Å². The first-order valence-corrected chi connectivity index (χ1v) is 15.3. The molecule has 8 heteroatoms. The van der Waals surface area contributed by atoms with Gasteiger partial charge in [-0.25, -0.2) is 0 Å². The lowest BCUT2D eigenvalue weighted by Crippen LogP contribution is -2.49. The summed E-state index contributed by atoms with van der Waals surface area (Å²) >= 11 is 0. The summed E-state index contributed by atoms with van der Waals surface area (Å²) in [5, 5.41) is 13.2. The van der Waals surface area contributed by atoms with Crippen LogP contribution in [0.15, 0.2) is 58.8 Å². The number of benzene rings is 2. The minimum Gasteiger partial charge on any atom is -0.369 e. The van der Waals surface area contributed by atoms with Gasteiger partial charge in [-0.3, -0.25) is 14.5 Å². The lowest BCUT2D eigenvalue weighted by Gasteiger charge is -2.45. The van der Waals surface area contributed by atoms with Gasteiger partial charge in [0, 0.05) is 61.3 Å². The molecule has 0 radical (unpaired) electrons. The molecule has 0 heterocycles. The van der Waals surface area contributed by atoms with E-state index in [4.69, 9.17) is 0 Å². The van der Waals surface area contributed by atoms with Gasteiger partial charge in [0.05, 0.1) is 5.71 Å². The van der Waals surface area contributed by atoms with E-state index >= 15 is 0 Å². The second-order valence-electron chi connectivity index (χ2n) is 12.5. The van der Waals surface area contributed by atoms with Crippen molar-refractivity contribution in [2.24, 2.45) is 10.2 Å². The van der Waals surface area contributed by atoms with Crippen molar-refractivity contribution in [3.05, 3.63) is 65.2 Å². The smallest absolute Gasteiger partial charge is 0.251 e. The molecule has 43 heavy (non-hydrogen) atoms. The summed E-state index contributed by atoms with van der Waals surface area (Å²) in [6, 6.07) is 13.2. The molecule has 0 unspecified atom stereocenters. The van der Waals surface area contributed by atoms with Crippen LogP contribution in [0, 0.1) is 6.92 Å². The number of nitrogens with zero attached hydrogens (tertiary/aromatic N) is 4. The fraction of sp³-hybridized carbons (Fsp3) is 0.486. The van der Waals surface area contributed by atoms with Gasteiger partial charge >= 0.3 is 0 Å². The third kappa shape index (κ3) is 8.20. The second kappa shape index (κ2) is 14.6. The summed E-state index contributed by atoms with van der Waals surface area (Å²) in [5.41, 5.74) is 6.74. The van der Waals surface area contributed by atoms with Crippen molar-refractivity contribution < 1.29 is 9.59 Å². The number of carbonyl (C=O) groups is 2. The summed E-state index contributed by atoms with van der Waals surface area (Å²) in [4.78, 5) is 30.6. The molecule has 0 aromatic heterocycles. The van der Waals surface area contributed by atoms with Gasteiger partial charge < -0.3 is 15.5 Å². The number of rotatable bonds is 11. The number of amides is 2. The van der Waals surface area contributed by atoms with E-state index in [9.17, 15) is 9.59 Å². The van der Waals surface area contributed by atoms with Gasteiger partial charge in [0.2, 0.25) is 5.91 Å². The molecule has 8 nitrogen and oxygen atoms in total. The molecule has 1 saturated carbocycles. The van der Waals surface area contributed by atoms with Crippen LogP contribution in [0.5, 0.6) is 0 Å². The minimum atomic E-state index is -0.290. The number of hydrogen-bond acceptors (Lipinski definition) is 6. The molecule has 0 saturated heterocycles. The number of hydrogen-bond donors (Lipinski definition) is 2. The topological polar surface area (TPSA) is 89.4 Å². The zero-order chi connectivity index (χ0) is 31.9. The molecule has 2 aromatic rings. The van der Waals surface area contributed by atoms with Gasteiger partial charge in [-0.15, -0.1) is 0 Å². The molecule has 2 amide bonds. The Labute approximate surface area is 258 Å². The molecule has 0 spiro atoms. The first kappa shape index (κ1) is 33.7. The molecule has 1 aliphatic carbocycles. The van der Waals surface area contributed by atoms with E-state index in [2.05, 4.69) is 84.7 Å². The zero-order valence-corrected chi connectivity index (χ0v) is 27.4. The predicted molar refractivity (Wildman–Crippen MR) is 180 cm³/mol. The van der Waals surface area contributed by atoms with Gasteiger partial charge in [-0.2, -0.15) is 10.2 Å². The quantitative estimate of drug-likeness (QED) is 0.192. The molecule has 1 aliphatic rings. The molecule has 2 N–H and O–H groups in total. The Morgan fingerprint density at radius 1 is 1.02 bits per heavy atom. The minimum absolute atomic E-state index is 0.0744. The van der Waals surface area contributed by atoms with Gasteiger partial charge in [-0.1, -0.05) is 30.8 Å². The van der Waals surface area contributed by atoms with Crippen molar-refractivity contribution in [1.82, 2.24) is 15.5 Å². The normalized spacial score (nSPS) is 17.4. The molecule has 1 fully saturated rings. The summed E-state index contributed by atoms with van der Waals surface area (Å²) in [6.45, 7) is 21.1. The Balaban J connectivity index is 2.00. The van der Waals surface area contributed by atoms with Crippen LogP contribution in [-0.2, 0) is 4.79 Å². The number of nitrogens with one attached hydrogen (secondary N) is 2. The Morgan fingerprint density at radius 3 is 2.16 bits per heavy atom. The molecule has 232 valence electrons. The third-order valence-corrected chi connectivity index (χ3v) is 8.86. The maximum atomic E-state index is 13.6. The van der Waals surface area contributed by atoms with Gasteiger partial charge in [0.25, 0.3) is 5.91 Å². The van der Waals surface area contributed by atoms with E-state index < -0.39 is 0 Å². The van der Waals surface area contributed by atoms with Gasteiger partial charge in [0.15, 0.2) is 0 Å². The summed E-state index contributed by atoms with van der Waals surface area (Å²) in [5.74, 6) is -0.518. The van der Waals surface area contributed by atoms with Crippen LogP contribution < -0.4 is 15.5 Å². The Hall–Kier alpha value is -3.78. The number of carbonyl (C=O) groups excluding carboxylic acids is 2. The molecule has 2 aromatic carbocycles. The van der Waals surface area contributed by atoms with E-state index in [0.717, 1.165) is 65.9 Å². The van der Waals surface area contributed by atoms with Gasteiger partial charge in [0.1, 0.15) is 0 Å². The SMILES string of the molecule is C=N/N=C(/C)c1ccc(-c2cc(C(=O)NCC(=C)C(=O)NC)c(C)c(N(CC)C3CCC(N(C)C(C)(C)C)CC3)c2)cc1. The first-order chi connectivity index (χ1) is 20.3. The van der Waals surface area contributed by atoms with E-state index in [1.165, 1.54) is 0 Å². The van der Waals surface area contributed by atoms with Crippen molar-refractivity contribution in [1.29, 1.82) is 0 Å². The summed E-state index contributed by atoms with van der Waals surface area (Å²) in [7, 11) is 3.79. The van der Waals surface area contributed by atoms with Crippen molar-refractivity contribution >= 4 is 29.9 Å². The average molecular weight is 587 g/mol. The molecular formula is C35H50N6O2. The summed E-state index contributed by atoms with van der Waals surface area (Å²) < 4.78 is 0. The molecular weight excluding hydrogens is 536 g/mol. The first-order valence-electron chi connectivity index (χ1n) is 15.3. The fourth-order valence-electron chi connectivity index (χ4n) is 5.94. The third-order valence-electron chi connectivity index (χ3n) is 8.86. The molecule has 0 atom stereocenters. The Kier molecular flexibility index (Phi) is 11.4. The second-order valence-corrected chi connectivity index (χ2v) is 12.5. The molecule has 3 rings (SSSR count). The van der Waals surface area contributed by atoms with Crippen molar-refractivity contribution in [2.45, 2.75) is 84.8 Å². The monoisotopic (exact) mass is 586 g/mol. The van der Waals surface area contributed by atoms with E-state index in [-0.39, 0.29) is 23.9 Å². The number of likely N-dealkylation sites (N-methyl/N-ethyl adjacent to an activating group) is 1. The van der Waals surface area contributed by atoms with Crippen LogP contribution in [0.25, 0.3) is 11.1 Å². The lowest BCUT2D eigenvalue weighted by molar-refractivity contribution is -0.117. The van der Waals surface area contributed by atoms with E-state index in [1.54, 1.807) is 7.05 Å². The zero-order valence-electron chi connectivity index (χ0n) is 27.4. The van der Waals surface area contributed by atoms with Gasteiger partial charge in [-0.05, 0) is 109 Å². The van der Waals surface area contributed by atoms with Crippen LogP contribution in [0.3, 0.4) is 0 Å². The van der Waals surface area contributed by atoms with E-state index in [0.29, 0.717) is 23.2 Å². The largest absolute Gasteiger partial charge is 0.369 e. The van der Waals surface area contributed by atoms with Crippen LogP contribution in [-0.4, -0.2) is 74.0 Å². The predicted octanol–water partition coefficient (Wildman–Crippen LogP) is 5.99. The summed E-state index contributed by atoms with van der Waals surface area (Å²) in [6.07, 6.45) is 4.48. The lowest BCUT2D eigenvalue weighted by atomic mass is 9.86. The van der Waals surface area contributed by atoms with Crippen LogP contribution in [0.1, 0.15) is 81.8 Å². The highest BCUT2D eigenvalue weighted by atomic mass is 16.2. The highest BCUT2D eigenvalue weighted by Gasteiger charge is 2.32. The van der Waals surface area contributed by atoms with Crippen LogP contribution in [0.4, 0.5) is 5.69 Å². The fourth-order valence-corrected chi connectivity index (χ4v) is 5.94. The van der Waals surface area contributed by atoms with Crippen molar-refractivity contribution in [3.8, 4) is 11.1 Å². The highest BCUT2D eigenvalue weighted by Crippen LogP contribution is 2.36. The van der Waals surface area contributed by atoms with E-state index in [1.807, 2.05) is 44.2 Å². The Morgan fingerprint density at radius 2 is 1.63 bits per heavy atom. The highest BCUT2D eigenvalue weighted by molar-refractivity contribution is 6.01. The number of anilines is 1. The van der Waals surface area contributed by atoms with Crippen LogP contribution >= 0.6 is 0 Å². The molecule has 0 aliphatic heterocycles. The Bertz CT molecular complexity index is 1350. The average Bonchev–Trinajstić information content (AvgIpc) is 3.00.